The molecule has 4 rings (SSSR count). The number of rotatable bonds is 0. The van der Waals surface area contributed by atoms with Gasteiger partial charge in [0, 0.05) is 5.92 Å². The maximum absolute atomic E-state index is 12.0. The van der Waals surface area contributed by atoms with Gasteiger partial charge >= 0.3 is 0 Å². The zero-order chi connectivity index (χ0) is 14.8. The van der Waals surface area contributed by atoms with E-state index in [1.807, 2.05) is 6.08 Å². The Morgan fingerprint density at radius 2 is 2.00 bits per heavy atom. The molecule has 0 unspecified atom stereocenters. The molecular weight excluding hydrogens is 260 g/mol. The van der Waals surface area contributed by atoms with Crippen LogP contribution in [0.2, 0.25) is 0 Å². The maximum Gasteiger partial charge on any atom is 0.158 e. The van der Waals surface area contributed by atoms with Gasteiger partial charge < -0.3 is 5.11 Å². The number of hydrogen-bond acceptors (Lipinski definition) is 2. The van der Waals surface area contributed by atoms with Crippen molar-refractivity contribution in [2.24, 2.45) is 35.0 Å². The van der Waals surface area contributed by atoms with E-state index < -0.39 is 0 Å². The Morgan fingerprint density at radius 3 is 2.81 bits per heavy atom. The molecule has 1 N–H and O–H groups in total. The quantitative estimate of drug-likeness (QED) is 0.737. The lowest BCUT2D eigenvalue weighted by molar-refractivity contribution is -0.119. The van der Waals surface area contributed by atoms with Crippen molar-refractivity contribution in [3.8, 4) is 0 Å². The van der Waals surface area contributed by atoms with Gasteiger partial charge in [-0.15, -0.1) is 0 Å². The normalized spacial score (nSPS) is 52.7. The Hall–Kier alpha value is -0.630. The van der Waals surface area contributed by atoms with Gasteiger partial charge in [0.2, 0.25) is 0 Å². The summed E-state index contributed by atoms with van der Waals surface area (Å²) >= 11 is 0. The Kier molecular flexibility index (Phi) is 3.12. The summed E-state index contributed by atoms with van der Waals surface area (Å²) in [5.74, 6) is 3.54. The van der Waals surface area contributed by atoms with E-state index >= 15 is 0 Å². The molecule has 0 saturated heterocycles. The molecule has 3 saturated carbocycles. The number of ketones is 1. The van der Waals surface area contributed by atoms with Gasteiger partial charge in [-0.3, -0.25) is 4.79 Å². The molecule has 0 aromatic heterocycles. The molecule has 0 aromatic rings. The summed E-state index contributed by atoms with van der Waals surface area (Å²) < 4.78 is 0. The molecule has 4 aliphatic carbocycles. The van der Waals surface area contributed by atoms with E-state index in [9.17, 15) is 9.90 Å². The fourth-order valence-electron chi connectivity index (χ4n) is 6.33. The van der Waals surface area contributed by atoms with Crippen molar-refractivity contribution in [1.82, 2.24) is 0 Å². The van der Waals surface area contributed by atoms with Gasteiger partial charge in [-0.1, -0.05) is 19.4 Å². The number of hydrogen-bond donors (Lipinski definition) is 1. The summed E-state index contributed by atoms with van der Waals surface area (Å²) in [7, 11) is 0. The standard InChI is InChI=1S/C19H28O2/c1-11-9-15-12(10-17(11)20)3-4-14-13(15)7-8-19(2)16(14)5-6-18(19)21/h10-11,13-16,18,21H,3-9H2,1-2H3/t11-,13+,14-,15-,16-,18-,19+/m1/s1. The summed E-state index contributed by atoms with van der Waals surface area (Å²) in [5, 5.41) is 10.4. The van der Waals surface area contributed by atoms with E-state index in [1.165, 1.54) is 31.3 Å². The second kappa shape index (κ2) is 4.68. The van der Waals surface area contributed by atoms with E-state index in [2.05, 4.69) is 13.8 Å². The molecule has 116 valence electrons. The first-order valence-electron chi connectivity index (χ1n) is 8.93. The van der Waals surface area contributed by atoms with Crippen molar-refractivity contribution in [2.45, 2.75) is 64.9 Å². The van der Waals surface area contributed by atoms with Crippen LogP contribution < -0.4 is 0 Å². The average Bonchev–Trinajstić information content (AvgIpc) is 2.76. The van der Waals surface area contributed by atoms with Crippen molar-refractivity contribution in [2.75, 3.05) is 0 Å². The highest BCUT2D eigenvalue weighted by atomic mass is 16.3. The molecule has 4 aliphatic rings. The molecule has 0 aliphatic heterocycles. The van der Waals surface area contributed by atoms with Gasteiger partial charge in [0.1, 0.15) is 0 Å². The number of allylic oxidation sites excluding steroid dienone is 1. The minimum absolute atomic E-state index is 0.0766. The van der Waals surface area contributed by atoms with E-state index in [-0.39, 0.29) is 17.4 Å². The Bertz CT molecular complexity index is 494. The summed E-state index contributed by atoms with van der Waals surface area (Å²) in [4.78, 5) is 12.0. The summed E-state index contributed by atoms with van der Waals surface area (Å²) in [6.07, 6.45) is 10.1. The summed E-state index contributed by atoms with van der Waals surface area (Å²) in [5.41, 5.74) is 1.64. The lowest BCUT2D eigenvalue weighted by Crippen LogP contribution is -2.48. The molecule has 0 bridgehead atoms. The largest absolute Gasteiger partial charge is 0.393 e. The summed E-state index contributed by atoms with van der Waals surface area (Å²) in [6.45, 7) is 4.44. The zero-order valence-corrected chi connectivity index (χ0v) is 13.3. The first-order chi connectivity index (χ1) is 10.0. The van der Waals surface area contributed by atoms with Crippen LogP contribution in [0.1, 0.15) is 58.8 Å². The topological polar surface area (TPSA) is 37.3 Å². The van der Waals surface area contributed by atoms with Crippen molar-refractivity contribution < 1.29 is 9.90 Å². The van der Waals surface area contributed by atoms with E-state index in [1.54, 1.807) is 0 Å². The third kappa shape index (κ3) is 1.91. The Labute approximate surface area is 128 Å². The van der Waals surface area contributed by atoms with Gasteiger partial charge in [0.05, 0.1) is 6.10 Å². The number of fused-ring (bicyclic) bond motifs is 5. The van der Waals surface area contributed by atoms with E-state index in [0.717, 1.165) is 37.0 Å². The van der Waals surface area contributed by atoms with Gasteiger partial charge in [-0.25, -0.2) is 0 Å². The third-order valence-corrected chi connectivity index (χ3v) is 7.62. The molecular formula is C19H28O2. The second-order valence-corrected chi connectivity index (χ2v) is 8.48. The molecule has 3 fully saturated rings. The number of carbonyl (C=O) groups is 1. The van der Waals surface area contributed by atoms with Crippen LogP contribution in [-0.2, 0) is 4.79 Å². The van der Waals surface area contributed by atoms with E-state index in [4.69, 9.17) is 0 Å². The van der Waals surface area contributed by atoms with Crippen LogP contribution in [0, 0.1) is 35.0 Å². The zero-order valence-electron chi connectivity index (χ0n) is 13.3. The average molecular weight is 288 g/mol. The lowest BCUT2D eigenvalue weighted by atomic mass is 9.51. The van der Waals surface area contributed by atoms with Crippen LogP contribution in [-0.4, -0.2) is 17.0 Å². The molecule has 0 aromatic carbocycles. The van der Waals surface area contributed by atoms with Crippen molar-refractivity contribution in [1.29, 1.82) is 0 Å². The third-order valence-electron chi connectivity index (χ3n) is 7.62. The van der Waals surface area contributed by atoms with Gasteiger partial charge in [-0.05, 0) is 80.1 Å². The predicted octanol–water partition coefficient (Wildman–Crippen LogP) is 3.74. The Morgan fingerprint density at radius 1 is 1.19 bits per heavy atom. The number of aliphatic hydroxyl groups excluding tert-OH is 1. The fraction of sp³-hybridized carbons (Fsp3) is 0.842. The molecule has 2 nitrogen and oxygen atoms in total. The van der Waals surface area contributed by atoms with Crippen LogP contribution in [0.4, 0.5) is 0 Å². The molecule has 2 heteroatoms. The van der Waals surface area contributed by atoms with Crippen LogP contribution >= 0.6 is 0 Å². The molecule has 21 heavy (non-hydrogen) atoms. The summed E-state index contributed by atoms with van der Waals surface area (Å²) in [6, 6.07) is 0. The molecule has 0 heterocycles. The highest BCUT2D eigenvalue weighted by Crippen LogP contribution is 2.61. The molecule has 0 radical (unpaired) electrons. The van der Waals surface area contributed by atoms with Gasteiger partial charge in [-0.2, -0.15) is 0 Å². The Balaban J connectivity index is 1.63. The van der Waals surface area contributed by atoms with Crippen LogP contribution in [0.25, 0.3) is 0 Å². The van der Waals surface area contributed by atoms with Crippen molar-refractivity contribution >= 4 is 5.78 Å². The number of aliphatic hydroxyl groups is 1. The predicted molar refractivity (Wildman–Crippen MR) is 82.6 cm³/mol. The molecule has 0 spiro atoms. The highest BCUT2D eigenvalue weighted by Gasteiger charge is 2.56. The molecule has 0 amide bonds. The monoisotopic (exact) mass is 288 g/mol. The molecule has 7 atom stereocenters. The smallest absolute Gasteiger partial charge is 0.158 e. The van der Waals surface area contributed by atoms with Gasteiger partial charge in [0.25, 0.3) is 0 Å². The maximum atomic E-state index is 12.0. The van der Waals surface area contributed by atoms with E-state index in [0.29, 0.717) is 11.7 Å². The first kappa shape index (κ1) is 14.0. The minimum atomic E-state index is -0.0766. The highest BCUT2D eigenvalue weighted by molar-refractivity contribution is 5.93. The fourth-order valence-corrected chi connectivity index (χ4v) is 6.33. The van der Waals surface area contributed by atoms with Crippen LogP contribution in [0.5, 0.6) is 0 Å². The van der Waals surface area contributed by atoms with Crippen molar-refractivity contribution in [3.63, 3.8) is 0 Å². The van der Waals surface area contributed by atoms with Crippen LogP contribution in [0.3, 0.4) is 0 Å². The van der Waals surface area contributed by atoms with Crippen molar-refractivity contribution in [3.05, 3.63) is 11.6 Å². The minimum Gasteiger partial charge on any atom is -0.393 e. The number of carbonyl (C=O) groups excluding carboxylic acids is 1. The lowest BCUT2D eigenvalue weighted by Gasteiger charge is -2.53. The SMILES string of the molecule is C[C@@H]1C[C@@H]2C(=CC1=O)CC[C@@H]1[C@@H]2CC[C@]2(C)[C@H](O)CC[C@H]12. The van der Waals surface area contributed by atoms with Gasteiger partial charge in [0.15, 0.2) is 5.78 Å². The van der Waals surface area contributed by atoms with Crippen LogP contribution in [0.15, 0.2) is 11.6 Å². The first-order valence-corrected chi connectivity index (χ1v) is 8.93. The second-order valence-electron chi connectivity index (χ2n) is 8.48.